The van der Waals surface area contributed by atoms with Gasteiger partial charge >= 0.3 is 0 Å². The number of likely N-dealkylation sites (tertiary alicyclic amines) is 2. The van der Waals surface area contributed by atoms with Crippen molar-refractivity contribution < 1.29 is 4.79 Å². The molecule has 7 heteroatoms. The summed E-state index contributed by atoms with van der Waals surface area (Å²) in [6.07, 6.45) is 9.92. The normalized spacial score (nSPS) is 27.5. The number of likely N-dealkylation sites (N-methyl/N-ethyl adjacent to an activating group) is 1. The molecule has 0 spiro atoms. The molecule has 1 amide bonds. The molecule has 2 atom stereocenters. The highest BCUT2D eigenvalue weighted by molar-refractivity contribution is 5.81. The van der Waals surface area contributed by atoms with Crippen LogP contribution in [0.15, 0.2) is 4.99 Å². The Morgan fingerprint density at radius 1 is 1.11 bits per heavy atom. The quantitative estimate of drug-likeness (QED) is 0.386. The van der Waals surface area contributed by atoms with Crippen molar-refractivity contribution in [3.63, 3.8) is 0 Å². The second-order valence-electron chi connectivity index (χ2n) is 8.84. The minimum atomic E-state index is 0.0764. The van der Waals surface area contributed by atoms with Gasteiger partial charge in [0.2, 0.25) is 5.91 Å². The minimum Gasteiger partial charge on any atom is -0.356 e. The molecule has 2 aliphatic heterocycles. The van der Waals surface area contributed by atoms with Gasteiger partial charge in [-0.1, -0.05) is 12.8 Å². The zero-order valence-electron chi connectivity index (χ0n) is 18.1. The van der Waals surface area contributed by atoms with E-state index in [9.17, 15) is 4.79 Å². The molecule has 28 heavy (non-hydrogen) atoms. The molecule has 1 aliphatic carbocycles. The maximum absolute atomic E-state index is 12.3. The fraction of sp³-hybridized carbons (Fsp3) is 0.905. The van der Waals surface area contributed by atoms with Gasteiger partial charge in [-0.15, -0.1) is 0 Å². The van der Waals surface area contributed by atoms with Crippen molar-refractivity contribution in [2.75, 3.05) is 53.9 Å². The third-order valence-electron chi connectivity index (χ3n) is 6.63. The highest BCUT2D eigenvalue weighted by Crippen LogP contribution is 2.26. The number of carbonyl (C=O) groups excluding carboxylic acids is 1. The van der Waals surface area contributed by atoms with E-state index in [0.717, 1.165) is 57.4 Å². The Morgan fingerprint density at radius 2 is 1.89 bits per heavy atom. The number of carbonyl (C=O) groups is 1. The highest BCUT2D eigenvalue weighted by Gasteiger charge is 2.31. The molecule has 3 rings (SSSR count). The van der Waals surface area contributed by atoms with Crippen LogP contribution < -0.4 is 10.6 Å². The number of guanidine groups is 1. The van der Waals surface area contributed by atoms with E-state index in [1.807, 2.05) is 21.1 Å². The summed E-state index contributed by atoms with van der Waals surface area (Å²) >= 11 is 0. The van der Waals surface area contributed by atoms with Crippen molar-refractivity contribution in [3.8, 4) is 0 Å². The summed E-state index contributed by atoms with van der Waals surface area (Å²) < 4.78 is 0. The van der Waals surface area contributed by atoms with Gasteiger partial charge in [0, 0.05) is 59.4 Å². The van der Waals surface area contributed by atoms with E-state index in [2.05, 4.69) is 25.4 Å². The molecule has 2 heterocycles. The summed E-state index contributed by atoms with van der Waals surface area (Å²) in [5.41, 5.74) is 0. The second kappa shape index (κ2) is 10.4. The van der Waals surface area contributed by atoms with Crippen molar-refractivity contribution in [1.82, 2.24) is 25.3 Å². The predicted octanol–water partition coefficient (Wildman–Crippen LogP) is 1.11. The lowest BCUT2D eigenvalue weighted by molar-refractivity contribution is -0.133. The molecular formula is C21H40N6O. The number of nitrogens with zero attached hydrogens (tertiary/aromatic N) is 4. The van der Waals surface area contributed by atoms with Gasteiger partial charge in [-0.05, 0) is 45.1 Å². The SMILES string of the molecule is CN=C(NCCCN1CCCC1C(=O)N(C)C)NC1CCN(C2CCCC2)C1. The lowest BCUT2D eigenvalue weighted by Crippen LogP contribution is -2.46. The average Bonchev–Trinajstić information content (AvgIpc) is 3.44. The summed E-state index contributed by atoms with van der Waals surface area (Å²) in [5, 5.41) is 7.08. The molecule has 1 saturated carbocycles. The maximum Gasteiger partial charge on any atom is 0.239 e. The first-order valence-electron chi connectivity index (χ1n) is 11.2. The average molecular weight is 393 g/mol. The van der Waals surface area contributed by atoms with Gasteiger partial charge in [-0.3, -0.25) is 19.6 Å². The third-order valence-corrected chi connectivity index (χ3v) is 6.63. The monoisotopic (exact) mass is 392 g/mol. The minimum absolute atomic E-state index is 0.0764. The van der Waals surface area contributed by atoms with Crippen molar-refractivity contribution in [2.24, 2.45) is 4.99 Å². The zero-order chi connectivity index (χ0) is 19.9. The first kappa shape index (κ1) is 21.4. The van der Waals surface area contributed by atoms with E-state index in [1.54, 1.807) is 4.90 Å². The van der Waals surface area contributed by atoms with Crippen LogP contribution in [0.5, 0.6) is 0 Å². The van der Waals surface area contributed by atoms with E-state index >= 15 is 0 Å². The van der Waals surface area contributed by atoms with Crippen LogP contribution in [0.4, 0.5) is 0 Å². The number of amides is 1. The maximum atomic E-state index is 12.3. The van der Waals surface area contributed by atoms with Gasteiger partial charge in [-0.25, -0.2) is 0 Å². The van der Waals surface area contributed by atoms with E-state index in [-0.39, 0.29) is 11.9 Å². The van der Waals surface area contributed by atoms with E-state index in [0.29, 0.717) is 6.04 Å². The van der Waals surface area contributed by atoms with Gasteiger partial charge in [-0.2, -0.15) is 0 Å². The molecule has 0 radical (unpaired) electrons. The fourth-order valence-corrected chi connectivity index (χ4v) is 5.05. The molecule has 2 saturated heterocycles. The Balaban J connectivity index is 1.34. The van der Waals surface area contributed by atoms with Crippen LogP contribution >= 0.6 is 0 Å². The molecule has 3 aliphatic rings. The number of hydrogen-bond acceptors (Lipinski definition) is 4. The molecule has 0 aromatic rings. The largest absolute Gasteiger partial charge is 0.356 e. The van der Waals surface area contributed by atoms with Gasteiger partial charge in [0.15, 0.2) is 5.96 Å². The highest BCUT2D eigenvalue weighted by atomic mass is 16.2. The van der Waals surface area contributed by atoms with Crippen LogP contribution in [0.3, 0.4) is 0 Å². The zero-order valence-corrected chi connectivity index (χ0v) is 18.1. The topological polar surface area (TPSA) is 63.2 Å². The number of hydrogen-bond donors (Lipinski definition) is 2. The first-order chi connectivity index (χ1) is 13.6. The predicted molar refractivity (Wildman–Crippen MR) is 115 cm³/mol. The second-order valence-corrected chi connectivity index (χ2v) is 8.84. The summed E-state index contributed by atoms with van der Waals surface area (Å²) in [6.45, 7) is 5.25. The van der Waals surface area contributed by atoms with Crippen molar-refractivity contribution in [3.05, 3.63) is 0 Å². The van der Waals surface area contributed by atoms with Crippen molar-refractivity contribution in [2.45, 2.75) is 69.5 Å². The van der Waals surface area contributed by atoms with Crippen molar-refractivity contribution in [1.29, 1.82) is 0 Å². The van der Waals surface area contributed by atoms with Gasteiger partial charge < -0.3 is 15.5 Å². The van der Waals surface area contributed by atoms with Crippen molar-refractivity contribution >= 4 is 11.9 Å². The van der Waals surface area contributed by atoms with E-state index < -0.39 is 0 Å². The first-order valence-corrected chi connectivity index (χ1v) is 11.2. The molecule has 0 aromatic carbocycles. The number of rotatable bonds is 7. The van der Waals surface area contributed by atoms with E-state index in [4.69, 9.17) is 0 Å². The van der Waals surface area contributed by atoms with Crippen LogP contribution in [0, 0.1) is 0 Å². The van der Waals surface area contributed by atoms with Crippen LogP contribution in [-0.4, -0.2) is 98.6 Å². The number of aliphatic imine (C=N–C) groups is 1. The Morgan fingerprint density at radius 3 is 2.61 bits per heavy atom. The Kier molecular flexibility index (Phi) is 7.97. The molecular weight excluding hydrogens is 352 g/mol. The Labute approximate surface area is 170 Å². The molecule has 2 unspecified atom stereocenters. The Hall–Kier alpha value is -1.34. The van der Waals surface area contributed by atoms with E-state index in [1.165, 1.54) is 38.6 Å². The standard InChI is InChI=1S/C21H40N6O/c1-22-21(24-17-11-15-27(16-17)18-8-4-5-9-18)23-12-7-14-26-13-6-10-19(26)20(28)25(2)3/h17-19H,4-16H2,1-3H3,(H2,22,23,24). The van der Waals surface area contributed by atoms with Crippen LogP contribution in [-0.2, 0) is 4.79 Å². The summed E-state index contributed by atoms with van der Waals surface area (Å²) in [5.74, 6) is 1.16. The van der Waals surface area contributed by atoms with Gasteiger partial charge in [0.05, 0.1) is 6.04 Å². The fourth-order valence-electron chi connectivity index (χ4n) is 5.05. The Bertz CT molecular complexity index is 531. The van der Waals surface area contributed by atoms with Crippen LogP contribution in [0.2, 0.25) is 0 Å². The van der Waals surface area contributed by atoms with Crippen LogP contribution in [0.1, 0.15) is 51.4 Å². The molecule has 3 fully saturated rings. The number of nitrogens with one attached hydrogen (secondary N) is 2. The molecule has 0 aromatic heterocycles. The van der Waals surface area contributed by atoms with Crippen LogP contribution in [0.25, 0.3) is 0 Å². The van der Waals surface area contributed by atoms with Gasteiger partial charge in [0.25, 0.3) is 0 Å². The molecule has 7 nitrogen and oxygen atoms in total. The lowest BCUT2D eigenvalue weighted by Gasteiger charge is -2.26. The third kappa shape index (κ3) is 5.60. The molecule has 2 N–H and O–H groups in total. The molecule has 160 valence electrons. The lowest BCUT2D eigenvalue weighted by atomic mass is 10.2. The summed E-state index contributed by atoms with van der Waals surface area (Å²) in [6, 6.07) is 1.40. The molecule has 0 bridgehead atoms. The van der Waals surface area contributed by atoms with Gasteiger partial charge in [0.1, 0.15) is 0 Å². The smallest absolute Gasteiger partial charge is 0.239 e. The summed E-state index contributed by atoms with van der Waals surface area (Å²) in [4.78, 5) is 23.4. The summed E-state index contributed by atoms with van der Waals surface area (Å²) in [7, 11) is 5.56.